The molecule has 18 heavy (non-hydrogen) atoms. The molecule has 1 aromatic carbocycles. The molecule has 2 rings (SSSR count). The maximum absolute atomic E-state index is 9.62. The molecule has 0 saturated carbocycles. The predicted octanol–water partition coefficient (Wildman–Crippen LogP) is 2.57. The Balaban J connectivity index is 2.04. The van der Waals surface area contributed by atoms with Gasteiger partial charge in [0.05, 0.1) is 19.3 Å². The number of nitrogens with one attached hydrogen (secondary N) is 1. The van der Waals surface area contributed by atoms with Gasteiger partial charge in [0.15, 0.2) is 5.79 Å². The van der Waals surface area contributed by atoms with Gasteiger partial charge in [-0.15, -0.1) is 0 Å². The minimum Gasteiger partial charge on any atom is -0.508 e. The van der Waals surface area contributed by atoms with Crippen LogP contribution in [0.25, 0.3) is 0 Å². The number of ether oxygens (including phenoxy) is 2. The number of benzene rings is 1. The molecule has 100 valence electrons. The molecule has 1 aliphatic heterocycles. The van der Waals surface area contributed by atoms with E-state index < -0.39 is 5.79 Å². The van der Waals surface area contributed by atoms with E-state index >= 15 is 0 Å². The minimum atomic E-state index is -0.488. The summed E-state index contributed by atoms with van der Waals surface area (Å²) in [5.74, 6) is -0.159. The molecule has 0 atom stereocenters. The van der Waals surface area contributed by atoms with Crippen molar-refractivity contribution < 1.29 is 14.6 Å². The Labute approximate surface area is 108 Å². The summed E-state index contributed by atoms with van der Waals surface area (Å²) in [7, 11) is 0. The molecule has 0 bridgehead atoms. The van der Waals surface area contributed by atoms with Crippen LogP contribution in [0.4, 0.5) is 5.69 Å². The summed E-state index contributed by atoms with van der Waals surface area (Å²) in [6.07, 6.45) is 0. The molecular weight excluding hydrogens is 230 g/mol. The van der Waals surface area contributed by atoms with Crippen molar-refractivity contribution in [3.8, 4) is 5.75 Å². The van der Waals surface area contributed by atoms with E-state index in [0.717, 1.165) is 16.8 Å². The summed E-state index contributed by atoms with van der Waals surface area (Å²) in [4.78, 5) is 0. The van der Waals surface area contributed by atoms with Crippen molar-refractivity contribution in [2.75, 3.05) is 18.5 Å². The van der Waals surface area contributed by atoms with E-state index in [9.17, 15) is 5.11 Å². The van der Waals surface area contributed by atoms with Crippen LogP contribution in [0, 0.1) is 13.8 Å². The molecule has 0 spiro atoms. The highest BCUT2D eigenvalue weighted by molar-refractivity contribution is 5.57. The van der Waals surface area contributed by atoms with Gasteiger partial charge in [0, 0.05) is 5.69 Å². The van der Waals surface area contributed by atoms with Gasteiger partial charge in [-0.1, -0.05) is 0 Å². The molecule has 4 nitrogen and oxygen atoms in total. The van der Waals surface area contributed by atoms with Gasteiger partial charge in [-0.05, 0) is 51.0 Å². The van der Waals surface area contributed by atoms with Crippen molar-refractivity contribution >= 4 is 5.69 Å². The zero-order chi connectivity index (χ0) is 13.3. The van der Waals surface area contributed by atoms with Crippen molar-refractivity contribution in [3.63, 3.8) is 0 Å². The highest BCUT2D eigenvalue weighted by Gasteiger charge is 2.28. The Morgan fingerprint density at radius 1 is 1.17 bits per heavy atom. The van der Waals surface area contributed by atoms with E-state index in [-0.39, 0.29) is 6.04 Å². The maximum atomic E-state index is 9.62. The van der Waals surface area contributed by atoms with Crippen LogP contribution in [0.15, 0.2) is 12.1 Å². The molecule has 0 aliphatic carbocycles. The van der Waals surface area contributed by atoms with Crippen molar-refractivity contribution in [2.24, 2.45) is 0 Å². The lowest BCUT2D eigenvalue weighted by molar-refractivity contribution is -0.247. The van der Waals surface area contributed by atoms with E-state index in [2.05, 4.69) is 5.32 Å². The molecule has 4 heteroatoms. The number of anilines is 1. The van der Waals surface area contributed by atoms with Crippen molar-refractivity contribution in [1.82, 2.24) is 0 Å². The van der Waals surface area contributed by atoms with Crippen LogP contribution < -0.4 is 5.32 Å². The predicted molar refractivity (Wildman–Crippen MR) is 71.0 cm³/mol. The molecule has 0 radical (unpaired) electrons. The molecule has 1 aliphatic rings. The molecule has 0 aromatic heterocycles. The van der Waals surface area contributed by atoms with Crippen LogP contribution in [-0.2, 0) is 9.47 Å². The first-order valence-corrected chi connectivity index (χ1v) is 6.22. The molecular formula is C14H21NO3. The van der Waals surface area contributed by atoms with Gasteiger partial charge < -0.3 is 19.9 Å². The number of hydrogen-bond acceptors (Lipinski definition) is 4. The normalized spacial score (nSPS) is 19.8. The maximum Gasteiger partial charge on any atom is 0.162 e. The zero-order valence-corrected chi connectivity index (χ0v) is 11.4. The van der Waals surface area contributed by atoms with Gasteiger partial charge in [0.2, 0.25) is 0 Å². The Kier molecular flexibility index (Phi) is 3.50. The largest absolute Gasteiger partial charge is 0.508 e. The lowest BCUT2D eigenvalue weighted by Crippen LogP contribution is -2.45. The van der Waals surface area contributed by atoms with Crippen molar-refractivity contribution in [3.05, 3.63) is 23.3 Å². The average molecular weight is 251 g/mol. The number of aryl methyl sites for hydroxylation is 2. The average Bonchev–Trinajstić information content (AvgIpc) is 2.28. The van der Waals surface area contributed by atoms with Crippen molar-refractivity contribution in [1.29, 1.82) is 0 Å². The summed E-state index contributed by atoms with van der Waals surface area (Å²) in [6.45, 7) is 8.92. The molecule has 1 heterocycles. The van der Waals surface area contributed by atoms with E-state index in [0.29, 0.717) is 19.0 Å². The number of phenols is 1. The van der Waals surface area contributed by atoms with Crippen LogP contribution in [0.3, 0.4) is 0 Å². The van der Waals surface area contributed by atoms with Gasteiger partial charge in [-0.25, -0.2) is 0 Å². The molecule has 0 unspecified atom stereocenters. The van der Waals surface area contributed by atoms with E-state index in [1.165, 1.54) is 0 Å². The van der Waals surface area contributed by atoms with Crippen LogP contribution >= 0.6 is 0 Å². The number of rotatable bonds is 2. The van der Waals surface area contributed by atoms with Crippen LogP contribution in [0.1, 0.15) is 25.0 Å². The lowest BCUT2D eigenvalue weighted by atomic mass is 10.1. The third-order valence-electron chi connectivity index (χ3n) is 3.17. The topological polar surface area (TPSA) is 50.7 Å². The number of hydrogen-bond donors (Lipinski definition) is 2. The summed E-state index contributed by atoms with van der Waals surface area (Å²) in [5.41, 5.74) is 2.89. The molecule has 1 aromatic rings. The molecule has 0 amide bonds. The number of aromatic hydroxyl groups is 1. The fourth-order valence-corrected chi connectivity index (χ4v) is 1.95. The van der Waals surface area contributed by atoms with Gasteiger partial charge >= 0.3 is 0 Å². The second kappa shape index (κ2) is 4.78. The monoisotopic (exact) mass is 251 g/mol. The summed E-state index contributed by atoms with van der Waals surface area (Å²) in [5, 5.41) is 13.0. The molecule has 1 fully saturated rings. The molecule has 1 saturated heterocycles. The number of phenolic OH excluding ortho intramolecular Hbond substituents is 1. The summed E-state index contributed by atoms with van der Waals surface area (Å²) in [6, 6.07) is 3.86. The quantitative estimate of drug-likeness (QED) is 0.793. The first-order chi connectivity index (χ1) is 8.37. The minimum absolute atomic E-state index is 0.140. The van der Waals surface area contributed by atoms with Crippen LogP contribution in [0.5, 0.6) is 5.75 Å². The highest BCUT2D eigenvalue weighted by atomic mass is 16.7. The third kappa shape index (κ3) is 2.94. The van der Waals surface area contributed by atoms with Gasteiger partial charge in [0.1, 0.15) is 5.75 Å². The van der Waals surface area contributed by atoms with E-state index in [1.807, 2.05) is 33.8 Å². The smallest absolute Gasteiger partial charge is 0.162 e. The third-order valence-corrected chi connectivity index (χ3v) is 3.17. The Bertz CT molecular complexity index is 433. The summed E-state index contributed by atoms with van der Waals surface area (Å²) < 4.78 is 11.2. The Morgan fingerprint density at radius 3 is 2.39 bits per heavy atom. The second-order valence-corrected chi connectivity index (χ2v) is 5.32. The fourth-order valence-electron chi connectivity index (χ4n) is 1.95. The lowest BCUT2D eigenvalue weighted by Gasteiger charge is -2.35. The van der Waals surface area contributed by atoms with Gasteiger partial charge in [-0.3, -0.25) is 0 Å². The van der Waals surface area contributed by atoms with Crippen molar-refractivity contribution in [2.45, 2.75) is 39.5 Å². The standard InChI is InChI=1S/C14H21NO3/c1-9-6-13(16)10(2)5-12(9)15-11-7-17-14(3,4)18-8-11/h5-6,11,15-16H,7-8H2,1-4H3. The van der Waals surface area contributed by atoms with Crippen LogP contribution in [-0.4, -0.2) is 30.1 Å². The first kappa shape index (κ1) is 13.2. The highest BCUT2D eigenvalue weighted by Crippen LogP contribution is 2.26. The van der Waals surface area contributed by atoms with Gasteiger partial charge in [-0.2, -0.15) is 0 Å². The Hall–Kier alpha value is -1.26. The van der Waals surface area contributed by atoms with Crippen LogP contribution in [0.2, 0.25) is 0 Å². The van der Waals surface area contributed by atoms with E-state index in [4.69, 9.17) is 9.47 Å². The zero-order valence-electron chi connectivity index (χ0n) is 11.4. The van der Waals surface area contributed by atoms with E-state index in [1.54, 1.807) is 6.07 Å². The SMILES string of the molecule is Cc1cc(NC2COC(C)(C)OC2)c(C)cc1O. The fraction of sp³-hybridized carbons (Fsp3) is 0.571. The Morgan fingerprint density at radius 2 is 1.78 bits per heavy atom. The second-order valence-electron chi connectivity index (χ2n) is 5.32. The van der Waals surface area contributed by atoms with Gasteiger partial charge in [0.25, 0.3) is 0 Å². The summed E-state index contributed by atoms with van der Waals surface area (Å²) >= 11 is 0. The molecule has 2 N–H and O–H groups in total. The first-order valence-electron chi connectivity index (χ1n) is 6.22.